The van der Waals surface area contributed by atoms with Crippen LogP contribution in [-0.4, -0.2) is 36.2 Å². The van der Waals surface area contributed by atoms with Gasteiger partial charge >= 0.3 is 0 Å². The molecule has 1 fully saturated rings. The second-order valence-electron chi connectivity index (χ2n) is 4.78. The Hall–Kier alpha value is -0.480. The number of likely N-dealkylation sites (tertiary alicyclic amines) is 1. The molecule has 0 saturated carbocycles. The Balaban J connectivity index is 1.84. The number of hydrogen-bond acceptors (Lipinski definition) is 3. The van der Waals surface area contributed by atoms with Crippen LogP contribution < -0.4 is 4.74 Å². The van der Waals surface area contributed by atoms with E-state index in [1.54, 1.807) is 12.1 Å². The van der Waals surface area contributed by atoms with Crippen molar-refractivity contribution in [3.8, 4) is 5.75 Å². The quantitative estimate of drug-likeness (QED) is 0.818. The molecule has 0 bridgehead atoms. The second-order valence-corrected chi connectivity index (χ2v) is 5.63. The van der Waals surface area contributed by atoms with Gasteiger partial charge in [0.25, 0.3) is 0 Å². The van der Waals surface area contributed by atoms with Gasteiger partial charge in [0.15, 0.2) is 0 Å². The number of hydrogen-bond donors (Lipinski definition) is 1. The summed E-state index contributed by atoms with van der Waals surface area (Å²) in [5, 5.41) is 10.3. The van der Waals surface area contributed by atoms with Crippen LogP contribution >= 0.6 is 23.2 Å². The Morgan fingerprint density at radius 3 is 2.63 bits per heavy atom. The Morgan fingerprint density at radius 2 is 1.95 bits per heavy atom. The molecule has 3 nitrogen and oxygen atoms in total. The lowest BCUT2D eigenvalue weighted by molar-refractivity contribution is 0.246. The zero-order valence-corrected chi connectivity index (χ0v) is 12.4. The van der Waals surface area contributed by atoms with Crippen molar-refractivity contribution in [2.24, 2.45) is 0 Å². The van der Waals surface area contributed by atoms with Gasteiger partial charge in [-0.2, -0.15) is 0 Å². The number of nitrogens with zero attached hydrogens (tertiary/aromatic N) is 1. The molecule has 19 heavy (non-hydrogen) atoms. The fraction of sp³-hybridized carbons (Fsp3) is 0.571. The fourth-order valence-corrected chi connectivity index (χ4v) is 2.95. The molecule has 0 aromatic heterocycles. The summed E-state index contributed by atoms with van der Waals surface area (Å²) in [5.74, 6) is 0.551. The van der Waals surface area contributed by atoms with Crippen molar-refractivity contribution in [3.63, 3.8) is 0 Å². The van der Waals surface area contributed by atoms with Gasteiger partial charge in [0, 0.05) is 17.1 Å². The van der Waals surface area contributed by atoms with Crippen LogP contribution in [0, 0.1) is 0 Å². The molecule has 0 spiro atoms. The van der Waals surface area contributed by atoms with Gasteiger partial charge < -0.3 is 14.7 Å². The van der Waals surface area contributed by atoms with Crippen LogP contribution in [0.2, 0.25) is 10.0 Å². The number of benzene rings is 1. The fourth-order valence-electron chi connectivity index (χ4n) is 2.36. The third-order valence-corrected chi connectivity index (χ3v) is 3.82. The van der Waals surface area contributed by atoms with E-state index in [0.717, 1.165) is 13.0 Å². The van der Waals surface area contributed by atoms with E-state index in [0.29, 0.717) is 28.0 Å². The Labute approximate surface area is 124 Å². The first-order valence-electron chi connectivity index (χ1n) is 6.64. The molecule has 1 aromatic carbocycles. The minimum Gasteiger partial charge on any atom is -0.492 e. The van der Waals surface area contributed by atoms with Gasteiger partial charge in [-0.25, -0.2) is 0 Å². The van der Waals surface area contributed by atoms with Crippen LogP contribution in [0.4, 0.5) is 0 Å². The monoisotopic (exact) mass is 303 g/mol. The van der Waals surface area contributed by atoms with E-state index < -0.39 is 0 Å². The van der Waals surface area contributed by atoms with Gasteiger partial charge in [-0.05, 0) is 44.5 Å². The molecule has 0 radical (unpaired) electrons. The number of ether oxygens (including phenoxy) is 1. The summed E-state index contributed by atoms with van der Waals surface area (Å²) >= 11 is 12.0. The van der Waals surface area contributed by atoms with Crippen LogP contribution in [0.1, 0.15) is 24.8 Å². The van der Waals surface area contributed by atoms with E-state index in [4.69, 9.17) is 27.9 Å². The highest BCUT2D eigenvalue weighted by Gasteiger charge is 2.12. The lowest BCUT2D eigenvalue weighted by Gasteiger charge is -2.16. The molecule has 0 aliphatic carbocycles. The van der Waals surface area contributed by atoms with Crippen LogP contribution in [0.3, 0.4) is 0 Å². The molecule has 5 heteroatoms. The molecular formula is C14H19Cl2NO2. The maximum Gasteiger partial charge on any atom is 0.143 e. The summed E-state index contributed by atoms with van der Waals surface area (Å²) in [7, 11) is 0. The van der Waals surface area contributed by atoms with E-state index in [1.807, 2.05) is 0 Å². The van der Waals surface area contributed by atoms with Crippen molar-refractivity contribution >= 4 is 23.2 Å². The predicted molar refractivity (Wildman–Crippen MR) is 78.2 cm³/mol. The topological polar surface area (TPSA) is 32.7 Å². The van der Waals surface area contributed by atoms with Crippen molar-refractivity contribution < 1.29 is 9.84 Å². The molecule has 1 aliphatic rings. The van der Waals surface area contributed by atoms with E-state index in [1.165, 1.54) is 25.9 Å². The average Bonchev–Trinajstić information content (AvgIpc) is 2.89. The van der Waals surface area contributed by atoms with E-state index in [9.17, 15) is 5.11 Å². The van der Waals surface area contributed by atoms with Gasteiger partial charge in [-0.15, -0.1) is 0 Å². The largest absolute Gasteiger partial charge is 0.492 e. The number of aliphatic hydroxyl groups is 1. The summed E-state index contributed by atoms with van der Waals surface area (Å²) in [6, 6.07) is 3.32. The first kappa shape index (κ1) is 14.9. The highest BCUT2D eigenvalue weighted by Crippen LogP contribution is 2.32. The third kappa shape index (κ3) is 4.25. The Kier molecular flexibility index (Phi) is 5.76. The maximum absolute atomic E-state index is 9.29. The van der Waals surface area contributed by atoms with Crippen LogP contribution in [0.15, 0.2) is 12.1 Å². The molecule has 0 atom stereocenters. The molecular weight excluding hydrogens is 285 g/mol. The number of rotatable bonds is 6. The molecule has 1 N–H and O–H groups in total. The molecule has 106 valence electrons. The van der Waals surface area contributed by atoms with Crippen molar-refractivity contribution in [3.05, 3.63) is 27.7 Å². The van der Waals surface area contributed by atoms with E-state index in [-0.39, 0.29) is 6.61 Å². The first-order chi connectivity index (χ1) is 9.20. The predicted octanol–water partition coefficient (Wildman–Crippen LogP) is 3.35. The molecule has 1 aromatic rings. The molecule has 1 saturated heterocycles. The minimum atomic E-state index is -0.123. The average molecular weight is 304 g/mol. The van der Waals surface area contributed by atoms with Crippen molar-refractivity contribution in [2.75, 3.05) is 26.2 Å². The van der Waals surface area contributed by atoms with Gasteiger partial charge in [0.1, 0.15) is 5.75 Å². The molecule has 0 unspecified atom stereocenters. The van der Waals surface area contributed by atoms with Crippen molar-refractivity contribution in [2.45, 2.75) is 25.9 Å². The molecule has 2 rings (SSSR count). The number of halogens is 2. The Morgan fingerprint density at radius 1 is 1.21 bits per heavy atom. The normalized spacial score (nSPS) is 15.9. The lowest BCUT2D eigenvalue weighted by Crippen LogP contribution is -2.22. The van der Waals surface area contributed by atoms with Gasteiger partial charge in [0.05, 0.1) is 18.2 Å². The Bertz CT molecular complexity index is 420. The van der Waals surface area contributed by atoms with Gasteiger partial charge in [-0.3, -0.25) is 0 Å². The highest BCUT2D eigenvalue weighted by molar-refractivity contribution is 6.35. The minimum absolute atomic E-state index is 0.123. The smallest absolute Gasteiger partial charge is 0.143 e. The van der Waals surface area contributed by atoms with Gasteiger partial charge in [0.2, 0.25) is 0 Å². The molecule has 1 heterocycles. The van der Waals surface area contributed by atoms with E-state index >= 15 is 0 Å². The highest BCUT2D eigenvalue weighted by atomic mass is 35.5. The second kappa shape index (κ2) is 7.34. The van der Waals surface area contributed by atoms with Crippen molar-refractivity contribution in [1.82, 2.24) is 4.90 Å². The zero-order valence-electron chi connectivity index (χ0n) is 10.9. The zero-order chi connectivity index (χ0) is 13.7. The number of aliphatic hydroxyl groups excluding tert-OH is 1. The third-order valence-electron chi connectivity index (χ3n) is 3.32. The lowest BCUT2D eigenvalue weighted by atomic mass is 10.2. The summed E-state index contributed by atoms with van der Waals surface area (Å²) in [6.45, 7) is 3.93. The summed E-state index contributed by atoms with van der Waals surface area (Å²) in [6.07, 6.45) is 3.57. The van der Waals surface area contributed by atoms with Crippen LogP contribution in [-0.2, 0) is 6.61 Å². The van der Waals surface area contributed by atoms with Crippen LogP contribution in [0.25, 0.3) is 0 Å². The van der Waals surface area contributed by atoms with Gasteiger partial charge in [-0.1, -0.05) is 23.2 Å². The summed E-state index contributed by atoms with van der Waals surface area (Å²) in [5.41, 5.74) is 0.638. The first-order valence-corrected chi connectivity index (χ1v) is 7.40. The standard InChI is InChI=1S/C14H19Cl2NO2/c15-12-8-11(10-18)14(13(16)9-12)19-7-3-6-17-4-1-2-5-17/h8-9,18H,1-7,10H2. The molecule has 1 aliphatic heterocycles. The van der Waals surface area contributed by atoms with Crippen LogP contribution in [0.5, 0.6) is 5.75 Å². The molecule has 0 amide bonds. The van der Waals surface area contributed by atoms with Crippen molar-refractivity contribution in [1.29, 1.82) is 0 Å². The summed E-state index contributed by atoms with van der Waals surface area (Å²) < 4.78 is 5.70. The summed E-state index contributed by atoms with van der Waals surface area (Å²) in [4.78, 5) is 2.44. The van der Waals surface area contributed by atoms with E-state index in [2.05, 4.69) is 4.90 Å². The SMILES string of the molecule is OCc1cc(Cl)cc(Cl)c1OCCCN1CCCC1. The maximum atomic E-state index is 9.29.